The molecule has 0 radical (unpaired) electrons. The molecule has 0 aliphatic carbocycles. The molecule has 0 unspecified atom stereocenters. The first kappa shape index (κ1) is 12.8. The van der Waals surface area contributed by atoms with Crippen LogP contribution in [0.15, 0.2) is 28.5 Å². The van der Waals surface area contributed by atoms with E-state index in [1.54, 1.807) is 6.07 Å². The molecule has 4 nitrogen and oxygen atoms in total. The summed E-state index contributed by atoms with van der Waals surface area (Å²) in [5.41, 5.74) is 2.73. The predicted molar refractivity (Wildman–Crippen MR) is 73.6 cm³/mol. The van der Waals surface area contributed by atoms with E-state index in [1.165, 1.54) is 5.41 Å². The van der Waals surface area contributed by atoms with Gasteiger partial charge in [0, 0.05) is 25.0 Å². The van der Waals surface area contributed by atoms with E-state index in [9.17, 15) is 8.42 Å². The Kier molecular flexibility index (Phi) is 3.20. The van der Waals surface area contributed by atoms with Crippen LogP contribution in [0.25, 0.3) is 5.57 Å². The molecule has 0 N–H and O–H groups in total. The van der Waals surface area contributed by atoms with Gasteiger partial charge in [-0.25, -0.2) is 8.42 Å². The van der Waals surface area contributed by atoms with E-state index in [2.05, 4.69) is 4.90 Å². The van der Waals surface area contributed by atoms with Gasteiger partial charge >= 0.3 is 0 Å². The summed E-state index contributed by atoms with van der Waals surface area (Å²) in [6.07, 6.45) is 0. The number of hydrogen-bond donors (Lipinski definition) is 0. The van der Waals surface area contributed by atoms with E-state index in [0.717, 1.165) is 43.0 Å². The number of morpholine rings is 1. The third-order valence-corrected chi connectivity index (χ3v) is 5.13. The number of rotatable bonds is 2. The van der Waals surface area contributed by atoms with Crippen LogP contribution in [0.4, 0.5) is 0 Å². The zero-order chi connectivity index (χ0) is 13.5. The minimum Gasteiger partial charge on any atom is -0.379 e. The van der Waals surface area contributed by atoms with Gasteiger partial charge in [-0.1, -0.05) is 12.1 Å². The molecule has 0 saturated carbocycles. The molecule has 0 spiro atoms. The van der Waals surface area contributed by atoms with Gasteiger partial charge in [0.25, 0.3) is 0 Å². The molecule has 0 atom stereocenters. The summed E-state index contributed by atoms with van der Waals surface area (Å²) in [6.45, 7) is 5.76. The molecule has 0 bridgehead atoms. The van der Waals surface area contributed by atoms with E-state index in [1.807, 2.05) is 19.1 Å². The number of ether oxygens (including phenoxy) is 1. The van der Waals surface area contributed by atoms with Crippen molar-refractivity contribution in [2.24, 2.45) is 0 Å². The summed E-state index contributed by atoms with van der Waals surface area (Å²) >= 11 is 0. The van der Waals surface area contributed by atoms with Crippen LogP contribution in [0.2, 0.25) is 0 Å². The third-order valence-electron chi connectivity index (χ3n) is 3.58. The third kappa shape index (κ3) is 2.45. The molecular weight excluding hydrogens is 262 g/mol. The van der Waals surface area contributed by atoms with E-state index >= 15 is 0 Å². The van der Waals surface area contributed by atoms with Gasteiger partial charge in [-0.05, 0) is 29.7 Å². The summed E-state index contributed by atoms with van der Waals surface area (Å²) in [7, 11) is -3.25. The van der Waals surface area contributed by atoms with E-state index < -0.39 is 9.84 Å². The summed E-state index contributed by atoms with van der Waals surface area (Å²) in [4.78, 5) is 2.69. The minimum atomic E-state index is -3.25. The lowest BCUT2D eigenvalue weighted by Crippen LogP contribution is -2.37. The average molecular weight is 279 g/mol. The lowest BCUT2D eigenvalue weighted by molar-refractivity contribution is 0.0444. The number of fused-ring (bicyclic) bond motifs is 1. The fourth-order valence-corrected chi connectivity index (χ4v) is 4.13. The van der Waals surface area contributed by atoms with Gasteiger partial charge in [0.1, 0.15) is 0 Å². The average Bonchev–Trinajstić information content (AvgIpc) is 2.62. The van der Waals surface area contributed by atoms with Gasteiger partial charge in [0.15, 0.2) is 0 Å². The first-order valence-electron chi connectivity index (χ1n) is 6.43. The molecule has 1 aromatic carbocycles. The van der Waals surface area contributed by atoms with Crippen LogP contribution in [0, 0.1) is 6.92 Å². The maximum Gasteiger partial charge on any atom is 0.200 e. The molecule has 102 valence electrons. The van der Waals surface area contributed by atoms with Gasteiger partial charge in [0.2, 0.25) is 9.84 Å². The Morgan fingerprint density at radius 3 is 2.74 bits per heavy atom. The topological polar surface area (TPSA) is 46.6 Å². The highest BCUT2D eigenvalue weighted by atomic mass is 32.2. The fourth-order valence-electron chi connectivity index (χ4n) is 2.57. The van der Waals surface area contributed by atoms with Gasteiger partial charge in [-0.2, -0.15) is 0 Å². The SMILES string of the molecule is Cc1ccc2c(c1)S(=O)(=O)C=C2CN1CCOCC1. The molecule has 1 saturated heterocycles. The molecule has 1 aromatic rings. The quantitative estimate of drug-likeness (QED) is 0.822. The Bertz CT molecular complexity index is 628. The van der Waals surface area contributed by atoms with E-state index in [-0.39, 0.29) is 0 Å². The molecule has 5 heteroatoms. The van der Waals surface area contributed by atoms with E-state index in [4.69, 9.17) is 4.74 Å². The highest BCUT2D eigenvalue weighted by Crippen LogP contribution is 2.34. The van der Waals surface area contributed by atoms with Crippen LogP contribution in [0.1, 0.15) is 11.1 Å². The summed E-state index contributed by atoms with van der Waals surface area (Å²) < 4.78 is 29.6. The molecule has 19 heavy (non-hydrogen) atoms. The number of nitrogens with zero attached hydrogens (tertiary/aromatic N) is 1. The fraction of sp³-hybridized carbons (Fsp3) is 0.429. The highest BCUT2D eigenvalue weighted by Gasteiger charge is 2.28. The van der Waals surface area contributed by atoms with Crippen molar-refractivity contribution in [1.29, 1.82) is 0 Å². The van der Waals surface area contributed by atoms with Crippen molar-refractivity contribution in [2.75, 3.05) is 32.8 Å². The smallest absolute Gasteiger partial charge is 0.200 e. The molecule has 3 rings (SSSR count). The van der Waals surface area contributed by atoms with Crippen molar-refractivity contribution in [3.8, 4) is 0 Å². The molecule has 0 amide bonds. The Morgan fingerprint density at radius 1 is 1.26 bits per heavy atom. The maximum absolute atomic E-state index is 12.1. The minimum absolute atomic E-state index is 0.454. The van der Waals surface area contributed by atoms with Crippen LogP contribution in [-0.4, -0.2) is 46.2 Å². The van der Waals surface area contributed by atoms with Crippen molar-refractivity contribution in [3.05, 3.63) is 34.7 Å². The Morgan fingerprint density at radius 2 is 2.00 bits per heavy atom. The van der Waals surface area contributed by atoms with E-state index in [0.29, 0.717) is 11.4 Å². The number of benzene rings is 1. The molecular formula is C14H17NO3S. The summed E-state index contributed by atoms with van der Waals surface area (Å²) in [5, 5.41) is 1.42. The molecule has 0 aromatic heterocycles. The largest absolute Gasteiger partial charge is 0.379 e. The first-order valence-corrected chi connectivity index (χ1v) is 7.98. The zero-order valence-corrected chi connectivity index (χ0v) is 11.7. The zero-order valence-electron chi connectivity index (χ0n) is 10.9. The van der Waals surface area contributed by atoms with Crippen LogP contribution in [0.5, 0.6) is 0 Å². The molecule has 2 aliphatic rings. The van der Waals surface area contributed by atoms with Gasteiger partial charge < -0.3 is 4.74 Å². The van der Waals surface area contributed by atoms with Crippen LogP contribution in [0.3, 0.4) is 0 Å². The van der Waals surface area contributed by atoms with Gasteiger partial charge in [-0.15, -0.1) is 0 Å². The molecule has 1 fully saturated rings. The monoisotopic (exact) mass is 279 g/mol. The second-order valence-electron chi connectivity index (χ2n) is 5.08. The van der Waals surface area contributed by atoms with Crippen LogP contribution < -0.4 is 0 Å². The lowest BCUT2D eigenvalue weighted by atomic mass is 10.1. The molecule has 2 heterocycles. The highest BCUT2D eigenvalue weighted by molar-refractivity contribution is 7.95. The predicted octanol–water partition coefficient (Wildman–Crippen LogP) is 1.46. The van der Waals surface area contributed by atoms with Crippen LogP contribution in [-0.2, 0) is 14.6 Å². The second-order valence-corrected chi connectivity index (χ2v) is 6.84. The normalized spacial score (nSPS) is 22.1. The van der Waals surface area contributed by atoms with Crippen molar-refractivity contribution >= 4 is 15.4 Å². The standard InChI is InChI=1S/C14H17NO3S/c1-11-2-3-13-12(9-15-4-6-18-7-5-15)10-19(16,17)14(13)8-11/h2-3,8,10H,4-7,9H2,1H3. The van der Waals surface area contributed by atoms with Crippen molar-refractivity contribution < 1.29 is 13.2 Å². The number of aryl methyl sites for hydroxylation is 1. The summed E-state index contributed by atoms with van der Waals surface area (Å²) in [6, 6.07) is 5.64. The van der Waals surface area contributed by atoms with Crippen molar-refractivity contribution in [2.45, 2.75) is 11.8 Å². The maximum atomic E-state index is 12.1. The Labute approximate surface area is 113 Å². The van der Waals surface area contributed by atoms with Gasteiger partial charge in [-0.3, -0.25) is 4.90 Å². The van der Waals surface area contributed by atoms with Crippen LogP contribution >= 0.6 is 0 Å². The van der Waals surface area contributed by atoms with Crippen molar-refractivity contribution in [3.63, 3.8) is 0 Å². The number of hydrogen-bond acceptors (Lipinski definition) is 4. The number of sulfone groups is 1. The van der Waals surface area contributed by atoms with Crippen molar-refractivity contribution in [1.82, 2.24) is 4.90 Å². The Hall–Kier alpha value is -1.17. The Balaban J connectivity index is 1.92. The first-order chi connectivity index (χ1) is 9.06. The second kappa shape index (κ2) is 4.74. The van der Waals surface area contributed by atoms with Gasteiger partial charge in [0.05, 0.1) is 18.1 Å². The lowest BCUT2D eigenvalue weighted by Gasteiger charge is -2.27. The summed E-state index contributed by atoms with van der Waals surface area (Å²) in [5.74, 6) is 0. The molecule has 2 aliphatic heterocycles.